The molecular formula is C10H14N2O2. The molecule has 1 aliphatic heterocycles. The topological polar surface area (TPSA) is 53.3 Å². The number of nitrogens with zero attached hydrogens (tertiary/aromatic N) is 2. The van der Waals surface area contributed by atoms with E-state index in [1.807, 2.05) is 18.0 Å². The van der Waals surface area contributed by atoms with Gasteiger partial charge in [0.1, 0.15) is 6.07 Å². The van der Waals surface area contributed by atoms with Gasteiger partial charge in [0.2, 0.25) is 0 Å². The lowest BCUT2D eigenvalue weighted by Gasteiger charge is -2.13. The largest absolute Gasteiger partial charge is 0.462 e. The molecule has 0 aromatic heterocycles. The van der Waals surface area contributed by atoms with Crippen LogP contribution in [-0.2, 0) is 9.53 Å². The molecule has 0 spiro atoms. The third-order valence-corrected chi connectivity index (χ3v) is 2.25. The second-order valence-corrected chi connectivity index (χ2v) is 3.18. The number of hydrogen-bond acceptors (Lipinski definition) is 4. The number of carbonyl (C=O) groups excluding carboxylic acids is 1. The smallest absolute Gasteiger partial charge is 0.350 e. The lowest BCUT2D eigenvalue weighted by Crippen LogP contribution is -2.17. The molecule has 0 saturated carbocycles. The zero-order valence-electron chi connectivity index (χ0n) is 8.54. The molecule has 0 aliphatic carbocycles. The normalized spacial score (nSPS) is 19.1. The fourth-order valence-corrected chi connectivity index (χ4v) is 1.56. The van der Waals surface area contributed by atoms with E-state index in [-0.39, 0.29) is 5.57 Å². The summed E-state index contributed by atoms with van der Waals surface area (Å²) in [4.78, 5) is 13.3. The highest BCUT2D eigenvalue weighted by molar-refractivity contribution is 5.93. The first-order chi connectivity index (χ1) is 6.70. The fourth-order valence-electron chi connectivity index (χ4n) is 1.56. The number of likely N-dealkylation sites (tertiary alicyclic amines) is 1. The van der Waals surface area contributed by atoms with Crippen LogP contribution in [0.2, 0.25) is 0 Å². The summed E-state index contributed by atoms with van der Waals surface area (Å²) < 4.78 is 4.81. The maximum Gasteiger partial charge on any atom is 0.350 e. The highest BCUT2D eigenvalue weighted by Gasteiger charge is 2.22. The summed E-state index contributed by atoms with van der Waals surface area (Å²) in [7, 11) is 1.89. The molecule has 0 aromatic rings. The van der Waals surface area contributed by atoms with Crippen LogP contribution in [0.4, 0.5) is 0 Å². The van der Waals surface area contributed by atoms with Crippen LogP contribution in [0.3, 0.4) is 0 Å². The van der Waals surface area contributed by atoms with Crippen LogP contribution in [0, 0.1) is 11.3 Å². The van der Waals surface area contributed by atoms with E-state index >= 15 is 0 Å². The van der Waals surface area contributed by atoms with Crippen molar-refractivity contribution in [3.63, 3.8) is 0 Å². The Labute approximate surface area is 83.8 Å². The molecule has 0 amide bonds. The zero-order valence-corrected chi connectivity index (χ0v) is 8.54. The van der Waals surface area contributed by atoms with Gasteiger partial charge in [-0.3, -0.25) is 0 Å². The van der Waals surface area contributed by atoms with Crippen molar-refractivity contribution in [1.29, 1.82) is 5.26 Å². The van der Waals surface area contributed by atoms with Gasteiger partial charge in [0.25, 0.3) is 0 Å². The Morgan fingerprint density at radius 1 is 1.71 bits per heavy atom. The van der Waals surface area contributed by atoms with Gasteiger partial charge in [-0.2, -0.15) is 5.26 Å². The van der Waals surface area contributed by atoms with Crippen molar-refractivity contribution in [3.8, 4) is 6.07 Å². The average molecular weight is 194 g/mol. The van der Waals surface area contributed by atoms with Crippen LogP contribution < -0.4 is 0 Å². The van der Waals surface area contributed by atoms with Crippen LogP contribution in [0.15, 0.2) is 11.3 Å². The minimum Gasteiger partial charge on any atom is -0.462 e. The van der Waals surface area contributed by atoms with Crippen LogP contribution >= 0.6 is 0 Å². The number of ether oxygens (including phenoxy) is 1. The molecule has 1 aliphatic rings. The third kappa shape index (κ3) is 2.05. The molecule has 1 heterocycles. The summed E-state index contributed by atoms with van der Waals surface area (Å²) in [6, 6.07) is 1.92. The van der Waals surface area contributed by atoms with Gasteiger partial charge in [-0.25, -0.2) is 4.79 Å². The Kier molecular flexibility index (Phi) is 3.52. The summed E-state index contributed by atoms with van der Waals surface area (Å²) in [5.74, 6) is -0.501. The Morgan fingerprint density at radius 3 is 2.86 bits per heavy atom. The summed E-state index contributed by atoms with van der Waals surface area (Å²) >= 11 is 0. The quantitative estimate of drug-likeness (QED) is 0.374. The average Bonchev–Trinajstić information content (AvgIpc) is 2.54. The first-order valence-electron chi connectivity index (χ1n) is 4.72. The molecule has 0 unspecified atom stereocenters. The van der Waals surface area contributed by atoms with Crippen molar-refractivity contribution < 1.29 is 9.53 Å². The van der Waals surface area contributed by atoms with Gasteiger partial charge >= 0.3 is 5.97 Å². The second-order valence-electron chi connectivity index (χ2n) is 3.18. The molecule has 14 heavy (non-hydrogen) atoms. The Morgan fingerprint density at radius 2 is 2.43 bits per heavy atom. The van der Waals surface area contributed by atoms with Gasteiger partial charge in [-0.05, 0) is 19.8 Å². The van der Waals surface area contributed by atoms with Gasteiger partial charge in [0.05, 0.1) is 6.61 Å². The van der Waals surface area contributed by atoms with Gasteiger partial charge in [-0.15, -0.1) is 0 Å². The van der Waals surface area contributed by atoms with Gasteiger partial charge in [-0.1, -0.05) is 0 Å². The molecule has 4 heteroatoms. The molecular weight excluding hydrogens is 180 g/mol. The van der Waals surface area contributed by atoms with Crippen molar-refractivity contribution in [2.75, 3.05) is 20.2 Å². The maximum atomic E-state index is 11.4. The Balaban J connectivity index is 2.90. The maximum absolute atomic E-state index is 11.4. The third-order valence-electron chi connectivity index (χ3n) is 2.25. The number of hydrogen-bond donors (Lipinski definition) is 0. The second kappa shape index (κ2) is 4.66. The lowest BCUT2D eigenvalue weighted by molar-refractivity contribution is -0.138. The zero-order chi connectivity index (χ0) is 10.6. The molecule has 1 rings (SSSR count). The molecule has 0 atom stereocenters. The summed E-state index contributed by atoms with van der Waals surface area (Å²) in [6.45, 7) is 2.94. The van der Waals surface area contributed by atoms with E-state index in [2.05, 4.69) is 0 Å². The summed E-state index contributed by atoms with van der Waals surface area (Å²) in [6.07, 6.45) is 1.79. The monoisotopic (exact) mass is 194 g/mol. The van der Waals surface area contributed by atoms with Crippen molar-refractivity contribution >= 4 is 5.97 Å². The van der Waals surface area contributed by atoms with Crippen molar-refractivity contribution in [1.82, 2.24) is 4.90 Å². The predicted molar refractivity (Wildman–Crippen MR) is 51.1 cm³/mol. The SMILES string of the molecule is CCOC(=O)/C(C#N)=C1/CCCN1C. The van der Waals surface area contributed by atoms with E-state index < -0.39 is 5.97 Å². The van der Waals surface area contributed by atoms with E-state index in [0.29, 0.717) is 6.61 Å². The molecule has 4 nitrogen and oxygen atoms in total. The molecule has 76 valence electrons. The van der Waals surface area contributed by atoms with E-state index in [0.717, 1.165) is 25.1 Å². The molecule has 1 saturated heterocycles. The van der Waals surface area contributed by atoms with E-state index in [4.69, 9.17) is 10.00 Å². The molecule has 0 aromatic carbocycles. The van der Waals surface area contributed by atoms with Crippen LogP contribution in [0.1, 0.15) is 19.8 Å². The standard InChI is InChI=1S/C10H14N2O2/c1-3-14-10(13)8(7-11)9-5-4-6-12(9)2/h3-6H2,1-2H3/b9-8-. The van der Waals surface area contributed by atoms with Crippen LogP contribution in [0.5, 0.6) is 0 Å². The lowest BCUT2D eigenvalue weighted by atomic mass is 10.2. The Hall–Kier alpha value is -1.50. The number of rotatable bonds is 2. The molecule has 0 N–H and O–H groups in total. The first-order valence-corrected chi connectivity index (χ1v) is 4.72. The van der Waals surface area contributed by atoms with Crippen molar-refractivity contribution in [2.24, 2.45) is 0 Å². The predicted octanol–water partition coefficient (Wildman–Crippen LogP) is 1.05. The Bertz CT molecular complexity index is 302. The number of esters is 1. The van der Waals surface area contributed by atoms with E-state index in [9.17, 15) is 4.79 Å². The molecule has 1 fully saturated rings. The minimum absolute atomic E-state index is 0.159. The van der Waals surface area contributed by atoms with Gasteiger partial charge in [0.15, 0.2) is 5.57 Å². The number of allylic oxidation sites excluding steroid dienone is 1. The minimum atomic E-state index is -0.501. The van der Waals surface area contributed by atoms with Crippen LogP contribution in [0.25, 0.3) is 0 Å². The highest BCUT2D eigenvalue weighted by Crippen LogP contribution is 2.22. The van der Waals surface area contributed by atoms with E-state index in [1.54, 1.807) is 6.92 Å². The van der Waals surface area contributed by atoms with Crippen molar-refractivity contribution in [2.45, 2.75) is 19.8 Å². The van der Waals surface area contributed by atoms with E-state index in [1.165, 1.54) is 0 Å². The number of nitriles is 1. The van der Waals surface area contributed by atoms with Gasteiger partial charge < -0.3 is 9.64 Å². The summed E-state index contributed by atoms with van der Waals surface area (Å²) in [5, 5.41) is 8.87. The summed E-state index contributed by atoms with van der Waals surface area (Å²) in [5.41, 5.74) is 0.970. The van der Waals surface area contributed by atoms with Crippen molar-refractivity contribution in [3.05, 3.63) is 11.3 Å². The molecule has 0 radical (unpaired) electrons. The van der Waals surface area contributed by atoms with Gasteiger partial charge in [0, 0.05) is 19.3 Å². The fraction of sp³-hybridized carbons (Fsp3) is 0.600. The number of carbonyl (C=O) groups is 1. The highest BCUT2D eigenvalue weighted by atomic mass is 16.5. The first kappa shape index (κ1) is 10.6. The van der Waals surface area contributed by atoms with Crippen LogP contribution in [-0.4, -0.2) is 31.1 Å². The molecule has 0 bridgehead atoms.